The van der Waals surface area contributed by atoms with Crippen molar-refractivity contribution in [3.8, 4) is 0 Å². The van der Waals surface area contributed by atoms with Crippen molar-refractivity contribution in [2.75, 3.05) is 33.8 Å². The quantitative estimate of drug-likeness (QED) is 0.455. The number of nitrogens with zero attached hydrogens (tertiary/aromatic N) is 2. The van der Waals surface area contributed by atoms with Crippen molar-refractivity contribution in [3.05, 3.63) is 35.9 Å². The predicted octanol–water partition coefficient (Wildman–Crippen LogP) is 2.43. The Morgan fingerprint density at radius 1 is 1.33 bits per heavy atom. The first-order valence-corrected chi connectivity index (χ1v) is 9.63. The van der Waals surface area contributed by atoms with Crippen LogP contribution in [0.2, 0.25) is 0 Å². The monoisotopic (exact) mass is 374 g/mol. The van der Waals surface area contributed by atoms with E-state index in [2.05, 4.69) is 72.5 Å². The van der Waals surface area contributed by atoms with E-state index in [0.29, 0.717) is 6.54 Å². The molecule has 0 spiro atoms. The number of hydrogen-bond acceptors (Lipinski definition) is 4. The van der Waals surface area contributed by atoms with Gasteiger partial charge in [0.25, 0.3) is 0 Å². The lowest BCUT2D eigenvalue weighted by atomic mass is 9.99. The largest absolute Gasteiger partial charge is 0.469 e. The number of esters is 1. The van der Waals surface area contributed by atoms with Gasteiger partial charge >= 0.3 is 5.97 Å². The molecule has 2 rings (SSSR count). The molecule has 2 N–H and O–H groups in total. The van der Waals surface area contributed by atoms with E-state index >= 15 is 0 Å². The Balaban J connectivity index is 1.92. The van der Waals surface area contributed by atoms with Crippen molar-refractivity contribution in [3.63, 3.8) is 0 Å². The summed E-state index contributed by atoms with van der Waals surface area (Å²) in [5.41, 5.74) is 1.14. The normalized spacial score (nSPS) is 21.9. The van der Waals surface area contributed by atoms with Crippen LogP contribution < -0.4 is 10.6 Å². The number of aliphatic imine (C=N–C) groups is 1. The van der Waals surface area contributed by atoms with E-state index in [-0.39, 0.29) is 29.4 Å². The number of likely N-dealkylation sites (tertiary alicyclic amines) is 1. The molecule has 1 aliphatic rings. The highest BCUT2D eigenvalue weighted by Crippen LogP contribution is 2.24. The third-order valence-corrected chi connectivity index (χ3v) is 5.22. The number of guanidine groups is 1. The number of ether oxygens (including phenoxy) is 1. The first-order chi connectivity index (χ1) is 12.8. The van der Waals surface area contributed by atoms with Crippen LogP contribution in [0.4, 0.5) is 0 Å². The molecule has 0 aliphatic carbocycles. The summed E-state index contributed by atoms with van der Waals surface area (Å²) in [4.78, 5) is 18.5. The Morgan fingerprint density at radius 2 is 2.00 bits per heavy atom. The fourth-order valence-corrected chi connectivity index (χ4v) is 3.69. The molecule has 0 saturated carbocycles. The molecule has 1 heterocycles. The zero-order valence-electron chi connectivity index (χ0n) is 17.5. The molecule has 150 valence electrons. The molecule has 3 atom stereocenters. The average Bonchev–Trinajstić information content (AvgIpc) is 3.03. The van der Waals surface area contributed by atoms with Crippen molar-refractivity contribution in [1.82, 2.24) is 15.5 Å². The zero-order chi connectivity index (χ0) is 20.0. The van der Waals surface area contributed by atoms with Gasteiger partial charge in [-0.1, -0.05) is 37.3 Å². The number of carbonyl (C=O) groups is 1. The molecule has 0 amide bonds. The Kier molecular flexibility index (Phi) is 7.25. The van der Waals surface area contributed by atoms with Crippen molar-refractivity contribution in [2.45, 2.75) is 39.3 Å². The summed E-state index contributed by atoms with van der Waals surface area (Å²) in [6, 6.07) is 10.7. The fraction of sp³-hybridized carbons (Fsp3) is 0.619. The average molecular weight is 375 g/mol. The van der Waals surface area contributed by atoms with Crippen LogP contribution >= 0.6 is 0 Å². The lowest BCUT2D eigenvalue weighted by Crippen LogP contribution is -2.52. The van der Waals surface area contributed by atoms with Gasteiger partial charge in [0, 0.05) is 38.3 Å². The standard InChI is InChI=1S/C21H34N4O2/c1-15-12-25(13-18(15)19(26)27-6)20(22-5)23-14-21(3,4)24-16(2)17-10-8-7-9-11-17/h7-11,15-16,18,24H,12-14H2,1-6H3,(H,22,23). The maximum Gasteiger partial charge on any atom is 0.310 e. The second kappa shape index (κ2) is 9.22. The fourth-order valence-electron chi connectivity index (χ4n) is 3.69. The maximum absolute atomic E-state index is 11.9. The number of rotatable bonds is 6. The summed E-state index contributed by atoms with van der Waals surface area (Å²) in [6.45, 7) is 10.8. The Labute approximate surface area is 163 Å². The van der Waals surface area contributed by atoms with Gasteiger partial charge < -0.3 is 20.3 Å². The third kappa shape index (κ3) is 5.70. The first kappa shape index (κ1) is 21.2. The van der Waals surface area contributed by atoms with Crippen LogP contribution in [0.1, 0.15) is 39.3 Å². The lowest BCUT2D eigenvalue weighted by molar-refractivity contribution is -0.145. The Hall–Kier alpha value is -2.08. The van der Waals surface area contributed by atoms with E-state index < -0.39 is 0 Å². The molecular formula is C21H34N4O2. The van der Waals surface area contributed by atoms with Gasteiger partial charge in [-0.25, -0.2) is 0 Å². The van der Waals surface area contributed by atoms with Gasteiger partial charge in [-0.15, -0.1) is 0 Å². The molecular weight excluding hydrogens is 340 g/mol. The minimum Gasteiger partial charge on any atom is -0.469 e. The van der Waals surface area contributed by atoms with E-state index in [4.69, 9.17) is 4.74 Å². The van der Waals surface area contributed by atoms with Gasteiger partial charge in [-0.05, 0) is 32.3 Å². The Bertz CT molecular complexity index is 645. The second-order valence-corrected chi connectivity index (χ2v) is 8.07. The number of benzene rings is 1. The van der Waals surface area contributed by atoms with E-state index in [0.717, 1.165) is 19.0 Å². The van der Waals surface area contributed by atoms with Crippen LogP contribution in [0.25, 0.3) is 0 Å². The van der Waals surface area contributed by atoms with Crippen LogP contribution in [0.15, 0.2) is 35.3 Å². The number of nitrogens with one attached hydrogen (secondary N) is 2. The highest BCUT2D eigenvalue weighted by Gasteiger charge is 2.37. The highest BCUT2D eigenvalue weighted by atomic mass is 16.5. The molecule has 1 saturated heterocycles. The van der Waals surface area contributed by atoms with Crippen LogP contribution in [0, 0.1) is 11.8 Å². The molecule has 0 bridgehead atoms. The van der Waals surface area contributed by atoms with Gasteiger partial charge in [0.05, 0.1) is 13.0 Å². The van der Waals surface area contributed by atoms with Gasteiger partial charge in [0.2, 0.25) is 0 Å². The minimum absolute atomic E-state index is 0.0993. The van der Waals surface area contributed by atoms with Gasteiger partial charge in [-0.3, -0.25) is 9.79 Å². The molecule has 0 radical (unpaired) electrons. The summed E-state index contributed by atoms with van der Waals surface area (Å²) < 4.78 is 4.93. The van der Waals surface area contributed by atoms with Gasteiger partial charge in [0.15, 0.2) is 5.96 Å². The summed E-state index contributed by atoms with van der Waals surface area (Å²) >= 11 is 0. The van der Waals surface area contributed by atoms with E-state index in [1.54, 1.807) is 7.05 Å². The van der Waals surface area contributed by atoms with Gasteiger partial charge in [-0.2, -0.15) is 0 Å². The van der Waals surface area contributed by atoms with Crippen LogP contribution in [0.3, 0.4) is 0 Å². The maximum atomic E-state index is 11.9. The number of carbonyl (C=O) groups excluding carboxylic acids is 1. The molecule has 6 nitrogen and oxygen atoms in total. The van der Waals surface area contributed by atoms with E-state index in [9.17, 15) is 4.79 Å². The molecule has 27 heavy (non-hydrogen) atoms. The molecule has 1 aromatic rings. The Morgan fingerprint density at radius 3 is 2.59 bits per heavy atom. The van der Waals surface area contributed by atoms with Crippen LogP contribution in [-0.4, -0.2) is 56.2 Å². The van der Waals surface area contributed by atoms with E-state index in [1.165, 1.54) is 12.7 Å². The van der Waals surface area contributed by atoms with Crippen LogP contribution in [0.5, 0.6) is 0 Å². The zero-order valence-corrected chi connectivity index (χ0v) is 17.5. The van der Waals surface area contributed by atoms with Crippen molar-refractivity contribution >= 4 is 11.9 Å². The molecule has 3 unspecified atom stereocenters. The van der Waals surface area contributed by atoms with E-state index in [1.807, 2.05) is 6.07 Å². The number of methoxy groups -OCH3 is 1. The van der Waals surface area contributed by atoms with Crippen LogP contribution in [-0.2, 0) is 9.53 Å². The molecule has 1 aliphatic heterocycles. The van der Waals surface area contributed by atoms with Crippen molar-refractivity contribution < 1.29 is 9.53 Å². The number of hydrogen-bond donors (Lipinski definition) is 2. The third-order valence-electron chi connectivity index (χ3n) is 5.22. The molecule has 0 aromatic heterocycles. The lowest BCUT2D eigenvalue weighted by Gasteiger charge is -2.32. The summed E-state index contributed by atoms with van der Waals surface area (Å²) in [6.07, 6.45) is 0. The predicted molar refractivity (Wildman–Crippen MR) is 110 cm³/mol. The molecule has 1 fully saturated rings. The van der Waals surface area contributed by atoms with Crippen molar-refractivity contribution in [2.24, 2.45) is 16.8 Å². The smallest absolute Gasteiger partial charge is 0.310 e. The SMILES string of the molecule is CN=C(NCC(C)(C)NC(C)c1ccccc1)N1CC(C)C(C(=O)OC)C1. The summed E-state index contributed by atoms with van der Waals surface area (Å²) in [5, 5.41) is 7.15. The highest BCUT2D eigenvalue weighted by molar-refractivity contribution is 5.82. The first-order valence-electron chi connectivity index (χ1n) is 9.63. The molecule has 6 heteroatoms. The summed E-state index contributed by atoms with van der Waals surface area (Å²) in [7, 11) is 3.23. The second-order valence-electron chi connectivity index (χ2n) is 8.07. The summed E-state index contributed by atoms with van der Waals surface area (Å²) in [5.74, 6) is 0.840. The minimum atomic E-state index is -0.140. The topological polar surface area (TPSA) is 66.0 Å². The van der Waals surface area contributed by atoms with Crippen molar-refractivity contribution in [1.29, 1.82) is 0 Å². The molecule has 1 aromatic carbocycles. The van der Waals surface area contributed by atoms with Gasteiger partial charge in [0.1, 0.15) is 0 Å².